The van der Waals surface area contributed by atoms with Crippen LogP contribution in [0.25, 0.3) is 10.9 Å². The van der Waals surface area contributed by atoms with Crippen molar-refractivity contribution in [1.29, 1.82) is 0 Å². The third-order valence-corrected chi connectivity index (χ3v) is 6.03. The molecule has 5 nitrogen and oxygen atoms in total. The van der Waals surface area contributed by atoms with Gasteiger partial charge in [0.05, 0.1) is 11.7 Å². The standard InChI is InChI=1S/C28H27F4N3O2/c1-27(2,3)20-9-7-19(8-10-20)17-35(14-12-18-5-4-6-21(15-18)37-28(30,31)32)26(36)25-24-22(11-13-33-24)23(29)16-34-25/h4-11,13,15-16,33H,12,14,17H2,1-3H3. The third kappa shape index (κ3) is 6.47. The second-order valence-electron chi connectivity index (χ2n) is 9.84. The smallest absolute Gasteiger partial charge is 0.406 e. The summed E-state index contributed by atoms with van der Waals surface area (Å²) in [6.07, 6.45) is -1.98. The van der Waals surface area contributed by atoms with Crippen LogP contribution in [-0.2, 0) is 18.4 Å². The van der Waals surface area contributed by atoms with Crippen LogP contribution in [0.5, 0.6) is 5.75 Å². The molecule has 2 aromatic heterocycles. The molecule has 0 spiro atoms. The van der Waals surface area contributed by atoms with Gasteiger partial charge >= 0.3 is 6.36 Å². The average Bonchev–Trinajstić information content (AvgIpc) is 3.31. The van der Waals surface area contributed by atoms with Crippen LogP contribution in [-0.4, -0.2) is 33.7 Å². The highest BCUT2D eigenvalue weighted by atomic mass is 19.4. The van der Waals surface area contributed by atoms with Gasteiger partial charge in [0, 0.05) is 24.7 Å². The third-order valence-electron chi connectivity index (χ3n) is 6.03. The Morgan fingerprint density at radius 2 is 1.76 bits per heavy atom. The average molecular weight is 514 g/mol. The molecule has 1 amide bonds. The van der Waals surface area contributed by atoms with Crippen molar-refractivity contribution in [1.82, 2.24) is 14.9 Å². The van der Waals surface area contributed by atoms with Crippen LogP contribution >= 0.6 is 0 Å². The number of hydrogen-bond acceptors (Lipinski definition) is 3. The topological polar surface area (TPSA) is 58.2 Å². The summed E-state index contributed by atoms with van der Waals surface area (Å²) in [5, 5.41) is 0.254. The van der Waals surface area contributed by atoms with Crippen LogP contribution in [0.1, 0.15) is 48.0 Å². The Hall–Kier alpha value is -3.88. The Bertz CT molecular complexity index is 1390. The van der Waals surface area contributed by atoms with Gasteiger partial charge in [-0.3, -0.25) is 4.79 Å². The van der Waals surface area contributed by atoms with Crippen molar-refractivity contribution in [2.45, 2.75) is 45.5 Å². The maximum Gasteiger partial charge on any atom is 0.573 e. The number of halogens is 4. The zero-order chi connectivity index (χ0) is 26.8. The van der Waals surface area contributed by atoms with Crippen LogP contribution in [0, 0.1) is 5.82 Å². The lowest BCUT2D eigenvalue weighted by atomic mass is 9.87. The van der Waals surface area contributed by atoms with E-state index < -0.39 is 18.1 Å². The van der Waals surface area contributed by atoms with Gasteiger partial charge in [0.15, 0.2) is 11.5 Å². The molecule has 1 N–H and O–H groups in total. The molecule has 37 heavy (non-hydrogen) atoms. The summed E-state index contributed by atoms with van der Waals surface area (Å²) in [6.45, 7) is 6.75. The number of alkyl halides is 3. The van der Waals surface area contributed by atoms with E-state index in [0.29, 0.717) is 11.1 Å². The highest BCUT2D eigenvalue weighted by molar-refractivity contribution is 6.03. The number of benzene rings is 2. The van der Waals surface area contributed by atoms with Crippen LogP contribution < -0.4 is 4.74 Å². The van der Waals surface area contributed by atoms with Crippen molar-refractivity contribution < 1.29 is 27.1 Å². The second-order valence-corrected chi connectivity index (χ2v) is 9.84. The largest absolute Gasteiger partial charge is 0.573 e. The first kappa shape index (κ1) is 26.2. The molecule has 0 aliphatic heterocycles. The number of carbonyl (C=O) groups excluding carboxylic acids is 1. The minimum atomic E-state index is -4.80. The SMILES string of the molecule is CC(C)(C)c1ccc(CN(CCc2cccc(OC(F)(F)F)c2)C(=O)c2ncc(F)c3cc[nH]c23)cc1. The minimum Gasteiger partial charge on any atom is -0.406 e. The van der Waals surface area contributed by atoms with Crippen molar-refractivity contribution in [3.63, 3.8) is 0 Å². The molecule has 2 aromatic carbocycles. The Kier molecular flexibility index (Phi) is 7.25. The van der Waals surface area contributed by atoms with Gasteiger partial charge in [0.2, 0.25) is 0 Å². The Labute approximate surface area is 212 Å². The maximum atomic E-state index is 14.2. The van der Waals surface area contributed by atoms with Gasteiger partial charge in [-0.15, -0.1) is 13.2 Å². The Morgan fingerprint density at radius 1 is 1.03 bits per heavy atom. The van der Waals surface area contributed by atoms with Gasteiger partial charge < -0.3 is 14.6 Å². The number of amides is 1. The van der Waals surface area contributed by atoms with E-state index in [9.17, 15) is 22.4 Å². The van der Waals surface area contributed by atoms with Crippen molar-refractivity contribution in [2.24, 2.45) is 0 Å². The molecule has 0 fully saturated rings. The minimum absolute atomic E-state index is 0.0329. The number of fused-ring (bicyclic) bond motifs is 1. The lowest BCUT2D eigenvalue weighted by Gasteiger charge is -2.24. The van der Waals surface area contributed by atoms with Gasteiger partial charge in [0.25, 0.3) is 5.91 Å². The summed E-state index contributed by atoms with van der Waals surface area (Å²) in [7, 11) is 0. The van der Waals surface area contributed by atoms with Gasteiger partial charge in [-0.25, -0.2) is 9.37 Å². The molecule has 194 valence electrons. The summed E-state index contributed by atoms with van der Waals surface area (Å²) >= 11 is 0. The summed E-state index contributed by atoms with van der Waals surface area (Å²) in [4.78, 5) is 22.1. The van der Waals surface area contributed by atoms with Crippen LogP contribution in [0.2, 0.25) is 0 Å². The molecule has 0 atom stereocenters. The summed E-state index contributed by atoms with van der Waals surface area (Å²) in [5.41, 5.74) is 2.92. The molecule has 0 aliphatic rings. The lowest BCUT2D eigenvalue weighted by molar-refractivity contribution is -0.274. The fraction of sp³-hybridized carbons (Fsp3) is 0.286. The number of hydrogen-bond donors (Lipinski definition) is 1. The highest BCUT2D eigenvalue weighted by Gasteiger charge is 2.31. The number of nitrogens with zero attached hydrogens (tertiary/aromatic N) is 2. The van der Waals surface area contributed by atoms with Gasteiger partial charge in [-0.2, -0.15) is 0 Å². The van der Waals surface area contributed by atoms with Crippen LogP contribution in [0.4, 0.5) is 17.6 Å². The van der Waals surface area contributed by atoms with Crippen molar-refractivity contribution in [2.75, 3.05) is 6.54 Å². The summed E-state index contributed by atoms with van der Waals surface area (Å²) in [6, 6.07) is 15.1. The molecular weight excluding hydrogens is 486 g/mol. The molecule has 0 aliphatic carbocycles. The van der Waals surface area contributed by atoms with E-state index in [-0.39, 0.29) is 41.8 Å². The van der Waals surface area contributed by atoms with E-state index in [1.54, 1.807) is 11.0 Å². The number of pyridine rings is 1. The molecule has 4 rings (SSSR count). The monoisotopic (exact) mass is 513 g/mol. The predicted molar refractivity (Wildman–Crippen MR) is 133 cm³/mol. The molecule has 2 heterocycles. The fourth-order valence-electron chi connectivity index (χ4n) is 4.08. The molecule has 4 aromatic rings. The van der Waals surface area contributed by atoms with Crippen LogP contribution in [0.15, 0.2) is 67.0 Å². The normalized spacial score (nSPS) is 12.1. The number of aromatic nitrogens is 2. The van der Waals surface area contributed by atoms with Crippen molar-refractivity contribution >= 4 is 16.8 Å². The number of aromatic amines is 1. The first-order chi connectivity index (χ1) is 17.4. The van der Waals surface area contributed by atoms with Crippen molar-refractivity contribution in [3.05, 3.63) is 95.2 Å². The predicted octanol–water partition coefficient (Wildman–Crippen LogP) is 6.78. The van der Waals surface area contributed by atoms with Crippen molar-refractivity contribution in [3.8, 4) is 5.75 Å². The van der Waals surface area contributed by atoms with Crippen LogP contribution in [0.3, 0.4) is 0 Å². The fourth-order valence-corrected chi connectivity index (χ4v) is 4.08. The molecule has 9 heteroatoms. The lowest BCUT2D eigenvalue weighted by Crippen LogP contribution is -2.33. The number of ether oxygens (including phenoxy) is 1. The number of carbonyl (C=O) groups is 1. The van der Waals surface area contributed by atoms with E-state index >= 15 is 0 Å². The Balaban J connectivity index is 1.61. The molecule has 0 radical (unpaired) electrons. The quantitative estimate of drug-likeness (QED) is 0.277. The van der Waals surface area contributed by atoms with E-state index in [1.807, 2.05) is 24.3 Å². The molecule has 0 saturated carbocycles. The van der Waals surface area contributed by atoms with E-state index in [4.69, 9.17) is 0 Å². The zero-order valence-electron chi connectivity index (χ0n) is 20.7. The second kappa shape index (κ2) is 10.2. The summed E-state index contributed by atoms with van der Waals surface area (Å²) in [5.74, 6) is -1.29. The number of rotatable bonds is 7. The van der Waals surface area contributed by atoms with E-state index in [2.05, 4.69) is 35.5 Å². The Morgan fingerprint density at radius 3 is 2.43 bits per heavy atom. The van der Waals surface area contributed by atoms with Gasteiger partial charge in [0.1, 0.15) is 5.75 Å². The summed E-state index contributed by atoms with van der Waals surface area (Å²) < 4.78 is 56.1. The molecular formula is C28H27F4N3O2. The molecule has 0 bridgehead atoms. The van der Waals surface area contributed by atoms with E-state index in [0.717, 1.165) is 17.3 Å². The molecule has 0 saturated heterocycles. The first-order valence-corrected chi connectivity index (χ1v) is 11.8. The molecule has 0 unspecified atom stereocenters. The number of H-pyrrole nitrogens is 1. The van der Waals surface area contributed by atoms with Gasteiger partial charge in [-0.05, 0) is 46.7 Å². The number of nitrogens with one attached hydrogen (secondary N) is 1. The highest BCUT2D eigenvalue weighted by Crippen LogP contribution is 2.26. The first-order valence-electron chi connectivity index (χ1n) is 11.8. The zero-order valence-corrected chi connectivity index (χ0v) is 20.7. The maximum absolute atomic E-state index is 14.2. The van der Waals surface area contributed by atoms with E-state index in [1.165, 1.54) is 30.5 Å². The van der Waals surface area contributed by atoms with Gasteiger partial charge in [-0.1, -0.05) is 57.2 Å².